The SMILES string of the molecule is CC(C)(C)[Si](O[C@@H](/C=C\Br)C[C@@H](O)[C@](C)(O)/C=C/[C@H]1CC=CC(=O)O1)(c1ccccc1)c1ccccc1. The lowest BCUT2D eigenvalue weighted by molar-refractivity contribution is -0.141. The van der Waals surface area contributed by atoms with E-state index in [-0.39, 0.29) is 11.5 Å². The van der Waals surface area contributed by atoms with Crippen LogP contribution in [-0.4, -0.2) is 48.4 Å². The number of ether oxygens (including phenoxy) is 1. The molecule has 4 atom stereocenters. The van der Waals surface area contributed by atoms with E-state index in [0.29, 0.717) is 6.42 Å². The highest BCUT2D eigenvalue weighted by Crippen LogP contribution is 2.38. The van der Waals surface area contributed by atoms with Crippen molar-refractivity contribution in [3.63, 3.8) is 0 Å². The Bertz CT molecular complexity index is 1070. The Balaban J connectivity index is 1.93. The molecule has 0 saturated heterocycles. The highest BCUT2D eigenvalue weighted by molar-refractivity contribution is 9.11. The molecule has 0 bridgehead atoms. The maximum Gasteiger partial charge on any atom is 0.331 e. The fraction of sp³-hybridized carbons (Fsp3) is 0.367. The average Bonchev–Trinajstić information content (AvgIpc) is 2.86. The van der Waals surface area contributed by atoms with Crippen LogP contribution in [-0.2, 0) is 14.0 Å². The van der Waals surface area contributed by atoms with Crippen LogP contribution in [0, 0.1) is 0 Å². The zero-order chi connectivity index (χ0) is 27.1. The zero-order valence-electron chi connectivity index (χ0n) is 21.9. The van der Waals surface area contributed by atoms with Crippen molar-refractivity contribution >= 4 is 40.6 Å². The number of carbonyl (C=O) groups is 1. The molecule has 37 heavy (non-hydrogen) atoms. The van der Waals surface area contributed by atoms with Gasteiger partial charge in [0.25, 0.3) is 8.32 Å². The number of benzene rings is 2. The zero-order valence-corrected chi connectivity index (χ0v) is 24.5. The molecule has 198 valence electrons. The summed E-state index contributed by atoms with van der Waals surface area (Å²) < 4.78 is 12.4. The van der Waals surface area contributed by atoms with E-state index in [1.165, 1.54) is 12.2 Å². The smallest absolute Gasteiger partial charge is 0.331 e. The number of hydrogen-bond acceptors (Lipinski definition) is 5. The van der Waals surface area contributed by atoms with Gasteiger partial charge in [0, 0.05) is 18.9 Å². The Labute approximate surface area is 229 Å². The quantitative estimate of drug-likeness (QED) is 0.239. The highest BCUT2D eigenvalue weighted by Gasteiger charge is 2.51. The van der Waals surface area contributed by atoms with E-state index in [9.17, 15) is 15.0 Å². The Morgan fingerprint density at radius 2 is 1.65 bits per heavy atom. The van der Waals surface area contributed by atoms with E-state index < -0.39 is 38.2 Å². The van der Waals surface area contributed by atoms with E-state index in [2.05, 4.69) is 61.0 Å². The van der Waals surface area contributed by atoms with Gasteiger partial charge in [0.1, 0.15) is 11.7 Å². The second kappa shape index (κ2) is 12.5. The lowest BCUT2D eigenvalue weighted by atomic mass is 9.93. The van der Waals surface area contributed by atoms with Crippen molar-refractivity contribution in [1.29, 1.82) is 0 Å². The fourth-order valence-corrected chi connectivity index (χ4v) is 9.67. The molecule has 7 heteroatoms. The summed E-state index contributed by atoms with van der Waals surface area (Å²) in [5.74, 6) is -0.415. The minimum atomic E-state index is -2.88. The van der Waals surface area contributed by atoms with Gasteiger partial charge < -0.3 is 19.4 Å². The van der Waals surface area contributed by atoms with Gasteiger partial charge in [-0.1, -0.05) is 116 Å². The fourth-order valence-electron chi connectivity index (χ4n) is 4.69. The molecule has 1 aliphatic rings. The minimum Gasteiger partial charge on any atom is -0.455 e. The van der Waals surface area contributed by atoms with Crippen molar-refractivity contribution in [2.24, 2.45) is 0 Å². The summed E-state index contributed by atoms with van der Waals surface area (Å²) in [5, 5.41) is 24.3. The standard InChI is InChI=1S/C30H37BrO5Si/c1-29(2,3)37(25-13-7-5-8-14-25,26-15-9-6-10-16-26)36-24(19-21-31)22-27(32)30(4,34)20-18-23-12-11-17-28(33)35-23/h5-11,13-21,23-24,27,32,34H,12,22H2,1-4H3/b20-18+,21-19-/t23-,24+,27-,30-/m1/s1. The van der Waals surface area contributed by atoms with E-state index in [0.717, 1.165) is 10.4 Å². The van der Waals surface area contributed by atoms with Gasteiger partial charge in [0.2, 0.25) is 0 Å². The van der Waals surface area contributed by atoms with Crippen molar-refractivity contribution in [3.05, 3.63) is 96.0 Å². The van der Waals surface area contributed by atoms with Crippen molar-refractivity contribution in [3.8, 4) is 0 Å². The molecule has 0 unspecified atom stereocenters. The predicted octanol–water partition coefficient (Wildman–Crippen LogP) is 4.77. The summed E-state index contributed by atoms with van der Waals surface area (Å²) in [7, 11) is -2.88. The van der Waals surface area contributed by atoms with Crippen LogP contribution in [0.1, 0.15) is 40.5 Å². The second-order valence-electron chi connectivity index (χ2n) is 10.6. The largest absolute Gasteiger partial charge is 0.455 e. The summed E-state index contributed by atoms with van der Waals surface area (Å²) >= 11 is 3.39. The highest BCUT2D eigenvalue weighted by atomic mass is 79.9. The van der Waals surface area contributed by atoms with Crippen LogP contribution in [0.4, 0.5) is 0 Å². The lowest BCUT2D eigenvalue weighted by Crippen LogP contribution is -2.67. The van der Waals surface area contributed by atoms with Crippen LogP contribution >= 0.6 is 15.9 Å². The first kappa shape index (κ1) is 29.3. The summed E-state index contributed by atoms with van der Waals surface area (Å²) in [6.07, 6.45) is 6.72. The van der Waals surface area contributed by atoms with Gasteiger partial charge in [-0.05, 0) is 33.4 Å². The summed E-state index contributed by atoms with van der Waals surface area (Å²) in [5.41, 5.74) is -1.55. The number of carbonyl (C=O) groups excluding carboxylic acids is 1. The third kappa shape index (κ3) is 7.18. The molecule has 5 nitrogen and oxygen atoms in total. The first-order valence-corrected chi connectivity index (χ1v) is 15.3. The summed E-state index contributed by atoms with van der Waals surface area (Å²) in [6.45, 7) is 8.14. The molecular formula is C30H37BrO5Si. The lowest BCUT2D eigenvalue weighted by Gasteiger charge is -2.45. The van der Waals surface area contributed by atoms with E-state index in [1.54, 1.807) is 24.1 Å². The van der Waals surface area contributed by atoms with Crippen molar-refractivity contribution < 1.29 is 24.2 Å². The van der Waals surface area contributed by atoms with Crippen LogP contribution in [0.15, 0.2) is 96.0 Å². The molecule has 0 saturated carbocycles. The molecule has 0 fully saturated rings. The molecule has 0 aromatic heterocycles. The number of halogens is 1. The molecular weight excluding hydrogens is 548 g/mol. The molecule has 2 aromatic rings. The normalized spacial score (nSPS) is 20.1. The van der Waals surface area contributed by atoms with E-state index in [4.69, 9.17) is 9.16 Å². The van der Waals surface area contributed by atoms with Gasteiger partial charge in [-0.15, -0.1) is 0 Å². The average molecular weight is 586 g/mol. The molecule has 3 rings (SSSR count). The molecule has 1 heterocycles. The first-order valence-electron chi connectivity index (χ1n) is 12.5. The van der Waals surface area contributed by atoms with Gasteiger partial charge in [-0.25, -0.2) is 4.79 Å². The van der Waals surface area contributed by atoms with Crippen molar-refractivity contribution in [2.75, 3.05) is 0 Å². The van der Waals surface area contributed by atoms with Gasteiger partial charge in [-0.3, -0.25) is 0 Å². The van der Waals surface area contributed by atoms with Crippen LogP contribution in [0.5, 0.6) is 0 Å². The van der Waals surface area contributed by atoms with Gasteiger partial charge in [-0.2, -0.15) is 0 Å². The predicted molar refractivity (Wildman–Crippen MR) is 155 cm³/mol. The number of cyclic esters (lactones) is 1. The van der Waals surface area contributed by atoms with Gasteiger partial charge >= 0.3 is 5.97 Å². The summed E-state index contributed by atoms with van der Waals surface area (Å²) in [6, 6.07) is 20.6. The van der Waals surface area contributed by atoms with Crippen molar-refractivity contribution in [2.45, 2.75) is 69.5 Å². The monoisotopic (exact) mass is 584 g/mol. The molecule has 0 amide bonds. The molecule has 2 aromatic carbocycles. The van der Waals surface area contributed by atoms with Crippen LogP contribution < -0.4 is 10.4 Å². The molecule has 1 aliphatic heterocycles. The van der Waals surface area contributed by atoms with E-state index in [1.807, 2.05) is 42.5 Å². The van der Waals surface area contributed by atoms with Crippen molar-refractivity contribution in [1.82, 2.24) is 0 Å². The molecule has 0 aliphatic carbocycles. The Morgan fingerprint density at radius 3 is 2.14 bits per heavy atom. The summed E-state index contributed by atoms with van der Waals surface area (Å²) in [4.78, 5) is 13.3. The van der Waals surface area contributed by atoms with Gasteiger partial charge in [0.05, 0.1) is 12.2 Å². The maximum atomic E-state index is 11.5. The number of esters is 1. The second-order valence-corrected chi connectivity index (χ2v) is 15.4. The van der Waals surface area contributed by atoms with Crippen LogP contribution in [0.3, 0.4) is 0 Å². The number of hydrogen-bond donors (Lipinski definition) is 2. The molecule has 0 spiro atoms. The third-order valence-electron chi connectivity index (χ3n) is 6.70. The molecule has 2 N–H and O–H groups in total. The Hall–Kier alpha value is -2.29. The molecule has 0 radical (unpaired) electrons. The minimum absolute atomic E-state index is 0.161. The topological polar surface area (TPSA) is 76.0 Å². The van der Waals surface area contributed by atoms with E-state index >= 15 is 0 Å². The first-order chi connectivity index (χ1) is 17.5. The van der Waals surface area contributed by atoms with Crippen LogP contribution in [0.2, 0.25) is 5.04 Å². The third-order valence-corrected chi connectivity index (χ3v) is 12.1. The van der Waals surface area contributed by atoms with Crippen LogP contribution in [0.25, 0.3) is 0 Å². The maximum absolute atomic E-state index is 11.5. The Morgan fingerprint density at radius 1 is 1.08 bits per heavy atom. The number of aliphatic hydroxyl groups excluding tert-OH is 1. The van der Waals surface area contributed by atoms with Gasteiger partial charge in [0.15, 0.2) is 0 Å². The number of aliphatic hydroxyl groups is 2. The Kier molecular flexibility index (Phi) is 9.89. The number of rotatable bonds is 10.